The molecule has 1 aromatic carbocycles. The van der Waals surface area contributed by atoms with Crippen LogP contribution in [-0.2, 0) is 0 Å². The van der Waals surface area contributed by atoms with E-state index in [9.17, 15) is 9.18 Å². The topological polar surface area (TPSA) is 55.1 Å². The average Bonchev–Trinajstić information content (AvgIpc) is 2.70. The number of benzene rings is 1. The van der Waals surface area contributed by atoms with Gasteiger partial charge >= 0.3 is 5.97 Å². The maximum Gasteiger partial charge on any atom is 0.338 e. The van der Waals surface area contributed by atoms with Gasteiger partial charge in [0.1, 0.15) is 11.5 Å². The number of aromatic carboxylic acids is 1. The van der Waals surface area contributed by atoms with Gasteiger partial charge in [-0.05, 0) is 18.2 Å². The first kappa shape index (κ1) is 9.39. The fourth-order valence-corrected chi connectivity index (χ4v) is 1.32. The van der Waals surface area contributed by atoms with Crippen LogP contribution in [0.2, 0.25) is 0 Å². The van der Waals surface area contributed by atoms with E-state index in [0.717, 1.165) is 0 Å². The lowest BCUT2D eigenvalue weighted by Gasteiger charge is -2.06. The summed E-state index contributed by atoms with van der Waals surface area (Å²) in [4.78, 5) is 10.9. The Morgan fingerprint density at radius 3 is 2.80 bits per heavy atom. The van der Waals surface area contributed by atoms with Gasteiger partial charge in [-0.2, -0.15) is 5.10 Å². The zero-order valence-corrected chi connectivity index (χ0v) is 7.59. The van der Waals surface area contributed by atoms with Crippen molar-refractivity contribution >= 4 is 5.97 Å². The van der Waals surface area contributed by atoms with Gasteiger partial charge in [-0.3, -0.25) is 0 Å². The predicted octanol–water partition coefficient (Wildman–Crippen LogP) is 1.71. The van der Waals surface area contributed by atoms with Crippen molar-refractivity contribution in [3.8, 4) is 5.69 Å². The molecule has 1 heterocycles. The Morgan fingerprint density at radius 1 is 1.40 bits per heavy atom. The van der Waals surface area contributed by atoms with Crippen molar-refractivity contribution in [3.63, 3.8) is 0 Å². The van der Waals surface area contributed by atoms with Gasteiger partial charge in [0.2, 0.25) is 0 Å². The standard InChI is InChI=1S/C10H7FN2O2/c11-8-4-1-3-7(10(14)15)9(8)13-6-2-5-12-13/h1-6H,(H,14,15). The molecule has 0 saturated carbocycles. The molecule has 2 rings (SSSR count). The van der Waals surface area contributed by atoms with Crippen molar-refractivity contribution in [2.75, 3.05) is 0 Å². The molecule has 5 heteroatoms. The number of carboxylic acids is 1. The molecule has 0 fully saturated rings. The summed E-state index contributed by atoms with van der Waals surface area (Å²) in [6.45, 7) is 0. The molecule has 0 bridgehead atoms. The zero-order valence-electron chi connectivity index (χ0n) is 7.59. The molecular formula is C10H7FN2O2. The number of rotatable bonds is 2. The van der Waals surface area contributed by atoms with Crippen LogP contribution in [0.4, 0.5) is 4.39 Å². The molecular weight excluding hydrogens is 199 g/mol. The number of carbonyl (C=O) groups is 1. The molecule has 1 aromatic heterocycles. The smallest absolute Gasteiger partial charge is 0.338 e. The van der Waals surface area contributed by atoms with Crippen molar-refractivity contribution in [1.29, 1.82) is 0 Å². The molecule has 0 radical (unpaired) electrons. The Bertz CT molecular complexity index is 494. The van der Waals surface area contributed by atoms with E-state index in [1.165, 1.54) is 35.3 Å². The summed E-state index contributed by atoms with van der Waals surface area (Å²) >= 11 is 0. The minimum atomic E-state index is -1.18. The Hall–Kier alpha value is -2.17. The van der Waals surface area contributed by atoms with E-state index in [2.05, 4.69) is 5.10 Å². The number of para-hydroxylation sites is 1. The van der Waals surface area contributed by atoms with E-state index in [1.54, 1.807) is 6.07 Å². The number of hydrogen-bond donors (Lipinski definition) is 1. The molecule has 15 heavy (non-hydrogen) atoms. The van der Waals surface area contributed by atoms with Gasteiger partial charge in [-0.25, -0.2) is 13.9 Å². The molecule has 0 aliphatic heterocycles. The summed E-state index contributed by atoms with van der Waals surface area (Å²) in [7, 11) is 0. The van der Waals surface area contributed by atoms with Gasteiger partial charge in [0.05, 0.1) is 5.56 Å². The summed E-state index contributed by atoms with van der Waals surface area (Å²) < 4.78 is 14.6. The SMILES string of the molecule is O=C(O)c1cccc(F)c1-n1cccn1. The van der Waals surface area contributed by atoms with Gasteiger partial charge in [0.15, 0.2) is 0 Å². The van der Waals surface area contributed by atoms with E-state index in [1.807, 2.05) is 0 Å². The molecule has 0 amide bonds. The Balaban J connectivity index is 2.68. The van der Waals surface area contributed by atoms with E-state index in [4.69, 9.17) is 5.11 Å². The van der Waals surface area contributed by atoms with Crippen LogP contribution in [0.3, 0.4) is 0 Å². The highest BCUT2D eigenvalue weighted by atomic mass is 19.1. The van der Waals surface area contributed by atoms with Crippen molar-refractivity contribution in [3.05, 3.63) is 48.0 Å². The highest BCUT2D eigenvalue weighted by molar-refractivity contribution is 5.91. The van der Waals surface area contributed by atoms with Gasteiger partial charge in [0.25, 0.3) is 0 Å². The second kappa shape index (κ2) is 3.53. The number of carboxylic acid groups (broad SMARTS) is 1. The minimum Gasteiger partial charge on any atom is -0.478 e. The van der Waals surface area contributed by atoms with Crippen LogP contribution in [0.25, 0.3) is 5.69 Å². The van der Waals surface area contributed by atoms with Crippen LogP contribution >= 0.6 is 0 Å². The summed E-state index contributed by atoms with van der Waals surface area (Å²) in [5.41, 5.74) is -0.159. The second-order valence-electron chi connectivity index (χ2n) is 2.89. The van der Waals surface area contributed by atoms with Gasteiger partial charge in [-0.1, -0.05) is 6.07 Å². The largest absolute Gasteiger partial charge is 0.478 e. The van der Waals surface area contributed by atoms with Gasteiger partial charge in [0, 0.05) is 12.4 Å². The summed E-state index contributed by atoms with van der Waals surface area (Å²) in [6.07, 6.45) is 2.95. The third kappa shape index (κ3) is 1.59. The highest BCUT2D eigenvalue weighted by Gasteiger charge is 2.15. The molecule has 4 nitrogen and oxygen atoms in total. The second-order valence-corrected chi connectivity index (χ2v) is 2.89. The van der Waals surface area contributed by atoms with E-state index in [0.29, 0.717) is 0 Å². The van der Waals surface area contributed by atoms with Crippen LogP contribution in [0, 0.1) is 5.82 Å². The van der Waals surface area contributed by atoms with Crippen LogP contribution < -0.4 is 0 Å². The molecule has 76 valence electrons. The predicted molar refractivity (Wildman–Crippen MR) is 50.5 cm³/mol. The van der Waals surface area contributed by atoms with Crippen molar-refractivity contribution < 1.29 is 14.3 Å². The molecule has 0 atom stereocenters. The minimum absolute atomic E-state index is 0.0463. The van der Waals surface area contributed by atoms with Crippen molar-refractivity contribution in [2.45, 2.75) is 0 Å². The van der Waals surface area contributed by atoms with Crippen LogP contribution in [0.15, 0.2) is 36.7 Å². The van der Waals surface area contributed by atoms with E-state index < -0.39 is 11.8 Å². The number of aromatic nitrogens is 2. The lowest BCUT2D eigenvalue weighted by molar-refractivity contribution is 0.0696. The first-order valence-corrected chi connectivity index (χ1v) is 4.22. The third-order valence-corrected chi connectivity index (χ3v) is 1.95. The molecule has 2 aromatic rings. The number of nitrogens with zero attached hydrogens (tertiary/aromatic N) is 2. The molecule has 0 spiro atoms. The Kier molecular flexibility index (Phi) is 2.21. The number of hydrogen-bond acceptors (Lipinski definition) is 2. The van der Waals surface area contributed by atoms with Gasteiger partial charge < -0.3 is 5.11 Å². The maximum atomic E-state index is 13.4. The van der Waals surface area contributed by atoms with Crippen LogP contribution in [0.1, 0.15) is 10.4 Å². The lowest BCUT2D eigenvalue weighted by atomic mass is 10.1. The molecule has 0 unspecified atom stereocenters. The average molecular weight is 206 g/mol. The summed E-state index contributed by atoms with van der Waals surface area (Å²) in [6, 6.07) is 5.48. The fraction of sp³-hybridized carbons (Fsp3) is 0. The monoisotopic (exact) mass is 206 g/mol. The molecule has 1 N–H and O–H groups in total. The summed E-state index contributed by atoms with van der Waals surface area (Å²) in [5.74, 6) is -1.79. The normalized spacial score (nSPS) is 10.2. The summed E-state index contributed by atoms with van der Waals surface area (Å²) in [5, 5.41) is 12.7. The first-order chi connectivity index (χ1) is 7.20. The lowest BCUT2D eigenvalue weighted by Crippen LogP contribution is -2.08. The van der Waals surface area contributed by atoms with Crippen molar-refractivity contribution in [2.24, 2.45) is 0 Å². The first-order valence-electron chi connectivity index (χ1n) is 4.22. The van der Waals surface area contributed by atoms with Crippen LogP contribution in [-0.4, -0.2) is 20.9 Å². The number of halogens is 1. The highest BCUT2D eigenvalue weighted by Crippen LogP contribution is 2.17. The van der Waals surface area contributed by atoms with Crippen molar-refractivity contribution in [1.82, 2.24) is 9.78 Å². The molecule has 0 aliphatic carbocycles. The van der Waals surface area contributed by atoms with E-state index >= 15 is 0 Å². The molecule has 0 aliphatic rings. The quantitative estimate of drug-likeness (QED) is 0.813. The van der Waals surface area contributed by atoms with Crippen LogP contribution in [0.5, 0.6) is 0 Å². The maximum absolute atomic E-state index is 13.4. The Labute approximate surface area is 84.6 Å². The third-order valence-electron chi connectivity index (χ3n) is 1.95. The Morgan fingerprint density at radius 2 is 2.20 bits per heavy atom. The van der Waals surface area contributed by atoms with Gasteiger partial charge in [-0.15, -0.1) is 0 Å². The molecule has 0 saturated heterocycles. The fourth-order valence-electron chi connectivity index (χ4n) is 1.32. The van der Waals surface area contributed by atoms with E-state index in [-0.39, 0.29) is 11.3 Å². The zero-order chi connectivity index (χ0) is 10.8.